The van der Waals surface area contributed by atoms with Crippen molar-refractivity contribution in [3.63, 3.8) is 0 Å². The van der Waals surface area contributed by atoms with Crippen molar-refractivity contribution in [2.75, 3.05) is 25.0 Å². The van der Waals surface area contributed by atoms with E-state index in [1.807, 2.05) is 44.3 Å². The molecule has 5 rings (SSSR count). The second-order valence-electron chi connectivity index (χ2n) is 10.1. The fraction of sp³-hybridized carbons (Fsp3) is 0.281. The van der Waals surface area contributed by atoms with Crippen LogP contribution in [0.25, 0.3) is 28.5 Å². The van der Waals surface area contributed by atoms with Crippen molar-refractivity contribution < 1.29 is 14.0 Å². The molecule has 0 saturated carbocycles. The summed E-state index contributed by atoms with van der Waals surface area (Å²) in [7, 11) is 0. The smallest absolute Gasteiger partial charge is 0.256 e. The number of hydrogen-bond acceptors (Lipinski definition) is 4. The normalized spacial score (nSPS) is 13.8. The second kappa shape index (κ2) is 11.4. The summed E-state index contributed by atoms with van der Waals surface area (Å²) in [5.74, 6) is -0.363. The first-order valence-corrected chi connectivity index (χ1v) is 13.7. The van der Waals surface area contributed by atoms with Crippen LogP contribution in [0.1, 0.15) is 59.6 Å². The predicted molar refractivity (Wildman–Crippen MR) is 157 cm³/mol. The molecule has 40 heavy (non-hydrogen) atoms. The second-order valence-corrected chi connectivity index (χ2v) is 10.1. The standard InChI is InChI=1S/C32H34FN5O2/c1-5-37(6-2)15-7-8-30(39)31-20(3)29(35-21(31)4)17-27-26-16-22(9-14-28(26)36-32(27)40)23-18-34-38(19-23)25-12-10-24(33)11-13-25/h9-14,16-19,35H,5-8,15H2,1-4H3,(H,36,40)/b27-17-. The fourth-order valence-electron chi connectivity index (χ4n) is 5.33. The molecule has 2 N–H and O–H groups in total. The Balaban J connectivity index is 1.40. The van der Waals surface area contributed by atoms with Crippen LogP contribution in [0.3, 0.4) is 0 Å². The number of carbonyl (C=O) groups excluding carboxylic acids is 2. The fourth-order valence-corrected chi connectivity index (χ4v) is 5.33. The lowest BCUT2D eigenvalue weighted by Gasteiger charge is -2.17. The Bertz CT molecular complexity index is 1590. The number of fused-ring (bicyclic) bond motifs is 1. The van der Waals surface area contributed by atoms with E-state index in [2.05, 4.69) is 34.1 Å². The molecule has 7 nitrogen and oxygen atoms in total. The largest absolute Gasteiger partial charge is 0.358 e. The minimum absolute atomic E-state index is 0.125. The molecule has 0 aliphatic carbocycles. The molecule has 3 heterocycles. The average molecular weight is 540 g/mol. The van der Waals surface area contributed by atoms with Crippen molar-refractivity contribution in [3.05, 3.63) is 88.8 Å². The van der Waals surface area contributed by atoms with Gasteiger partial charge >= 0.3 is 0 Å². The number of H-pyrrole nitrogens is 1. The zero-order valence-corrected chi connectivity index (χ0v) is 23.3. The number of benzene rings is 2. The summed E-state index contributed by atoms with van der Waals surface area (Å²) in [6, 6.07) is 11.9. The highest BCUT2D eigenvalue weighted by atomic mass is 19.1. The zero-order chi connectivity index (χ0) is 28.4. The molecule has 1 amide bonds. The van der Waals surface area contributed by atoms with Gasteiger partial charge in [-0.05, 0) is 93.5 Å². The first kappa shape index (κ1) is 27.3. The number of rotatable bonds is 10. The van der Waals surface area contributed by atoms with Crippen LogP contribution in [-0.2, 0) is 4.79 Å². The summed E-state index contributed by atoms with van der Waals surface area (Å²) in [4.78, 5) is 31.8. The monoisotopic (exact) mass is 539 g/mol. The van der Waals surface area contributed by atoms with Crippen LogP contribution >= 0.6 is 0 Å². The summed E-state index contributed by atoms with van der Waals surface area (Å²) < 4.78 is 15.0. The molecule has 0 spiro atoms. The van der Waals surface area contributed by atoms with Gasteiger partial charge in [-0.1, -0.05) is 19.9 Å². The molecule has 8 heteroatoms. The lowest BCUT2D eigenvalue weighted by atomic mass is 9.98. The third kappa shape index (κ3) is 5.40. The SMILES string of the molecule is CCN(CC)CCCC(=O)c1c(C)[nH]c(/C=C2\C(=O)Nc3ccc(-c4cnn(-c5ccc(F)cc5)c4)cc32)c1C. The van der Waals surface area contributed by atoms with Gasteiger partial charge in [0.1, 0.15) is 5.82 Å². The molecule has 0 fully saturated rings. The first-order chi connectivity index (χ1) is 19.3. The minimum atomic E-state index is -0.300. The third-order valence-electron chi connectivity index (χ3n) is 7.63. The van der Waals surface area contributed by atoms with Gasteiger partial charge in [0, 0.05) is 46.4 Å². The average Bonchev–Trinajstić information content (AvgIpc) is 3.63. The van der Waals surface area contributed by atoms with Gasteiger partial charge in [0.15, 0.2) is 5.78 Å². The molecule has 2 aromatic carbocycles. The van der Waals surface area contributed by atoms with E-state index < -0.39 is 0 Å². The predicted octanol–water partition coefficient (Wildman–Crippen LogP) is 6.42. The molecule has 1 aliphatic rings. The number of Topliss-reactive ketones (excluding diaryl/α,β-unsaturated/α-hetero) is 1. The van der Waals surface area contributed by atoms with Crippen molar-refractivity contribution in [1.82, 2.24) is 19.7 Å². The number of aromatic nitrogens is 3. The number of hydrogen-bond donors (Lipinski definition) is 2. The van der Waals surface area contributed by atoms with Crippen LogP contribution in [0.4, 0.5) is 10.1 Å². The van der Waals surface area contributed by atoms with E-state index in [0.717, 1.165) is 71.1 Å². The van der Waals surface area contributed by atoms with Crippen LogP contribution in [0.5, 0.6) is 0 Å². The highest BCUT2D eigenvalue weighted by Crippen LogP contribution is 2.37. The zero-order valence-electron chi connectivity index (χ0n) is 23.3. The number of amides is 1. The molecule has 1 aliphatic heterocycles. The first-order valence-electron chi connectivity index (χ1n) is 13.7. The van der Waals surface area contributed by atoms with E-state index in [9.17, 15) is 14.0 Å². The molecule has 0 radical (unpaired) electrons. The molecule has 0 saturated heterocycles. The number of anilines is 1. The molecule has 0 atom stereocenters. The molecule has 0 unspecified atom stereocenters. The topological polar surface area (TPSA) is 83.0 Å². The van der Waals surface area contributed by atoms with Crippen molar-refractivity contribution in [2.45, 2.75) is 40.5 Å². The minimum Gasteiger partial charge on any atom is -0.358 e. The summed E-state index contributed by atoms with van der Waals surface area (Å²) in [5, 5.41) is 7.37. The van der Waals surface area contributed by atoms with Gasteiger partial charge in [-0.25, -0.2) is 9.07 Å². The van der Waals surface area contributed by atoms with Crippen LogP contribution in [-0.4, -0.2) is 51.0 Å². The van der Waals surface area contributed by atoms with Crippen LogP contribution in [0, 0.1) is 19.7 Å². The lowest BCUT2D eigenvalue weighted by molar-refractivity contribution is -0.110. The van der Waals surface area contributed by atoms with E-state index in [1.165, 1.54) is 12.1 Å². The van der Waals surface area contributed by atoms with Gasteiger partial charge in [-0.3, -0.25) is 9.59 Å². The van der Waals surface area contributed by atoms with Crippen LogP contribution in [0.2, 0.25) is 0 Å². The Kier molecular flexibility index (Phi) is 7.80. The van der Waals surface area contributed by atoms with Gasteiger partial charge in [0.25, 0.3) is 5.91 Å². The maximum atomic E-state index is 13.3. The maximum absolute atomic E-state index is 13.3. The number of nitrogens with zero attached hydrogens (tertiary/aromatic N) is 3. The van der Waals surface area contributed by atoms with Crippen molar-refractivity contribution in [2.24, 2.45) is 0 Å². The van der Waals surface area contributed by atoms with Crippen molar-refractivity contribution in [3.8, 4) is 16.8 Å². The molecule has 2 aromatic heterocycles. The number of halogens is 1. The van der Waals surface area contributed by atoms with E-state index >= 15 is 0 Å². The number of carbonyl (C=O) groups is 2. The number of ketones is 1. The van der Waals surface area contributed by atoms with E-state index in [-0.39, 0.29) is 17.5 Å². The summed E-state index contributed by atoms with van der Waals surface area (Å²) >= 11 is 0. The van der Waals surface area contributed by atoms with E-state index in [1.54, 1.807) is 23.0 Å². The van der Waals surface area contributed by atoms with Crippen molar-refractivity contribution in [1.29, 1.82) is 0 Å². The van der Waals surface area contributed by atoms with Gasteiger partial charge in [-0.15, -0.1) is 0 Å². The highest BCUT2D eigenvalue weighted by molar-refractivity contribution is 6.35. The quantitative estimate of drug-likeness (QED) is 0.180. The third-order valence-corrected chi connectivity index (χ3v) is 7.63. The van der Waals surface area contributed by atoms with Gasteiger partial charge in [-0.2, -0.15) is 5.10 Å². The Morgan fingerprint density at radius 1 is 1.07 bits per heavy atom. The van der Waals surface area contributed by atoms with Gasteiger partial charge in [0.2, 0.25) is 0 Å². The number of nitrogens with one attached hydrogen (secondary N) is 2. The molecule has 4 aromatic rings. The van der Waals surface area contributed by atoms with Gasteiger partial charge in [0.05, 0.1) is 17.5 Å². The molecule has 206 valence electrons. The van der Waals surface area contributed by atoms with E-state index in [0.29, 0.717) is 17.6 Å². The summed E-state index contributed by atoms with van der Waals surface area (Å²) in [6.45, 7) is 11.0. The lowest BCUT2D eigenvalue weighted by Crippen LogP contribution is -2.24. The van der Waals surface area contributed by atoms with E-state index in [4.69, 9.17) is 0 Å². The maximum Gasteiger partial charge on any atom is 0.256 e. The Morgan fingerprint density at radius 2 is 1.82 bits per heavy atom. The highest BCUT2D eigenvalue weighted by Gasteiger charge is 2.26. The van der Waals surface area contributed by atoms with Crippen molar-refractivity contribution >= 4 is 29.0 Å². The number of aryl methyl sites for hydroxylation is 1. The molecular weight excluding hydrogens is 505 g/mol. The van der Waals surface area contributed by atoms with Gasteiger partial charge < -0.3 is 15.2 Å². The molecular formula is C32H34FN5O2. The number of aromatic amines is 1. The Hall–Kier alpha value is -4.30. The Labute approximate surface area is 233 Å². The summed E-state index contributed by atoms with van der Waals surface area (Å²) in [6.07, 6.45) is 6.76. The Morgan fingerprint density at radius 3 is 2.55 bits per heavy atom. The van der Waals surface area contributed by atoms with Crippen LogP contribution < -0.4 is 5.32 Å². The molecule has 0 bridgehead atoms. The van der Waals surface area contributed by atoms with Crippen LogP contribution in [0.15, 0.2) is 54.9 Å². The summed E-state index contributed by atoms with van der Waals surface area (Å²) in [5.41, 5.74) is 7.73.